The predicted molar refractivity (Wildman–Crippen MR) is 67.5 cm³/mol. The molecule has 0 fully saturated rings. The average molecular weight is 282 g/mol. The van der Waals surface area contributed by atoms with E-state index < -0.39 is 5.97 Å². The van der Waals surface area contributed by atoms with E-state index >= 15 is 0 Å². The molecule has 0 spiro atoms. The number of tetrazole rings is 1. The normalized spacial score (nSPS) is 12.3. The van der Waals surface area contributed by atoms with Crippen LogP contribution in [0.25, 0.3) is 11.4 Å². The van der Waals surface area contributed by atoms with Crippen molar-refractivity contribution in [3.8, 4) is 11.4 Å². The van der Waals surface area contributed by atoms with Crippen LogP contribution in [0.4, 0.5) is 0 Å². The van der Waals surface area contributed by atoms with Crippen LogP contribution in [0.2, 0.25) is 5.02 Å². The molecule has 2 aromatic rings. The highest BCUT2D eigenvalue weighted by molar-refractivity contribution is 6.33. The minimum atomic E-state index is -0.843. The zero-order chi connectivity index (χ0) is 13.8. The van der Waals surface area contributed by atoms with E-state index in [0.29, 0.717) is 23.0 Å². The number of hydrogen-bond donors (Lipinski definition) is 1. The summed E-state index contributed by atoms with van der Waals surface area (Å²) in [6.07, 6.45) is 3.17. The fourth-order valence-corrected chi connectivity index (χ4v) is 1.94. The van der Waals surface area contributed by atoms with Gasteiger partial charge in [-0.2, -0.15) is 0 Å². The Morgan fingerprint density at radius 1 is 1.58 bits per heavy atom. The maximum Gasteiger partial charge on any atom is 0.303 e. The maximum atomic E-state index is 10.7. The first kappa shape index (κ1) is 13.4. The Labute approximate surface area is 114 Å². The molecule has 7 nitrogen and oxygen atoms in total. The molecule has 0 bridgehead atoms. The summed E-state index contributed by atoms with van der Waals surface area (Å²) in [5.74, 6) is -0.422. The third-order valence-corrected chi connectivity index (χ3v) is 2.85. The minimum Gasteiger partial charge on any atom is -0.481 e. The summed E-state index contributed by atoms with van der Waals surface area (Å²) >= 11 is 6.04. The van der Waals surface area contributed by atoms with Gasteiger partial charge in [0.05, 0.1) is 5.02 Å². The minimum absolute atomic E-state index is 0.0589. The van der Waals surface area contributed by atoms with Crippen molar-refractivity contribution in [1.29, 1.82) is 0 Å². The fourth-order valence-electron chi connectivity index (χ4n) is 1.73. The van der Waals surface area contributed by atoms with Gasteiger partial charge in [-0.3, -0.25) is 9.78 Å². The fraction of sp³-hybridized carbons (Fsp3) is 0.364. The Kier molecular flexibility index (Phi) is 4.06. The molecule has 100 valence electrons. The van der Waals surface area contributed by atoms with Gasteiger partial charge in [0, 0.05) is 30.9 Å². The van der Waals surface area contributed by atoms with E-state index in [0.717, 1.165) is 0 Å². The van der Waals surface area contributed by atoms with Crippen molar-refractivity contribution in [2.24, 2.45) is 5.92 Å². The summed E-state index contributed by atoms with van der Waals surface area (Å²) in [6, 6.07) is 1.71. The summed E-state index contributed by atoms with van der Waals surface area (Å²) in [7, 11) is 0. The van der Waals surface area contributed by atoms with E-state index in [9.17, 15) is 4.79 Å². The Hall–Kier alpha value is -2.02. The number of hydrogen-bond acceptors (Lipinski definition) is 5. The first-order valence-corrected chi connectivity index (χ1v) is 6.03. The number of aliphatic carboxylic acids is 1. The topological polar surface area (TPSA) is 93.8 Å². The van der Waals surface area contributed by atoms with Crippen molar-refractivity contribution in [2.45, 2.75) is 19.9 Å². The number of aromatic nitrogens is 5. The lowest BCUT2D eigenvalue weighted by molar-refractivity contribution is -0.138. The highest BCUT2D eigenvalue weighted by atomic mass is 35.5. The Bertz CT molecular complexity index is 586. The molecule has 0 saturated heterocycles. The monoisotopic (exact) mass is 281 g/mol. The van der Waals surface area contributed by atoms with Crippen molar-refractivity contribution >= 4 is 17.6 Å². The number of carboxylic acid groups (broad SMARTS) is 1. The van der Waals surface area contributed by atoms with E-state index in [1.165, 1.54) is 6.20 Å². The number of halogens is 1. The Morgan fingerprint density at radius 2 is 2.37 bits per heavy atom. The second-order valence-corrected chi connectivity index (χ2v) is 4.65. The van der Waals surface area contributed by atoms with Crippen molar-refractivity contribution in [2.75, 3.05) is 0 Å². The summed E-state index contributed by atoms with van der Waals surface area (Å²) in [4.78, 5) is 14.6. The van der Waals surface area contributed by atoms with Crippen molar-refractivity contribution in [3.63, 3.8) is 0 Å². The molecule has 0 saturated carbocycles. The lowest BCUT2D eigenvalue weighted by Crippen LogP contribution is -2.14. The lowest BCUT2D eigenvalue weighted by Gasteiger charge is -2.10. The van der Waals surface area contributed by atoms with Crippen molar-refractivity contribution in [1.82, 2.24) is 25.2 Å². The van der Waals surface area contributed by atoms with Crippen LogP contribution in [-0.2, 0) is 11.3 Å². The number of carbonyl (C=O) groups is 1. The summed E-state index contributed by atoms with van der Waals surface area (Å²) in [6.45, 7) is 2.24. The number of nitrogens with zero attached hydrogens (tertiary/aromatic N) is 5. The largest absolute Gasteiger partial charge is 0.481 e. The molecule has 0 aliphatic rings. The van der Waals surface area contributed by atoms with Crippen LogP contribution in [0.5, 0.6) is 0 Å². The van der Waals surface area contributed by atoms with Crippen LogP contribution in [0, 0.1) is 5.92 Å². The van der Waals surface area contributed by atoms with Crippen molar-refractivity contribution < 1.29 is 9.90 Å². The zero-order valence-corrected chi connectivity index (χ0v) is 10.9. The van der Waals surface area contributed by atoms with Gasteiger partial charge in [0.1, 0.15) is 0 Å². The molecule has 2 rings (SSSR count). The van der Waals surface area contributed by atoms with Gasteiger partial charge < -0.3 is 5.11 Å². The van der Waals surface area contributed by atoms with Crippen LogP contribution in [0.15, 0.2) is 18.5 Å². The maximum absolute atomic E-state index is 10.7. The molecule has 2 heterocycles. The van der Waals surface area contributed by atoms with Crippen molar-refractivity contribution in [3.05, 3.63) is 23.5 Å². The molecule has 0 aromatic carbocycles. The quantitative estimate of drug-likeness (QED) is 0.892. The summed E-state index contributed by atoms with van der Waals surface area (Å²) in [5, 5.41) is 20.6. The van der Waals surface area contributed by atoms with E-state index in [1.54, 1.807) is 16.9 Å². The first-order chi connectivity index (χ1) is 9.08. The third-order valence-electron chi connectivity index (χ3n) is 2.55. The molecule has 0 aliphatic heterocycles. The zero-order valence-electron chi connectivity index (χ0n) is 10.2. The molecule has 1 atom stereocenters. The van der Waals surface area contributed by atoms with Crippen LogP contribution in [0.3, 0.4) is 0 Å². The Balaban J connectivity index is 2.23. The molecule has 2 aromatic heterocycles. The molecule has 8 heteroatoms. The van der Waals surface area contributed by atoms with E-state index in [-0.39, 0.29) is 12.3 Å². The molecule has 0 radical (unpaired) electrons. The molecule has 1 N–H and O–H groups in total. The number of rotatable bonds is 5. The van der Waals surface area contributed by atoms with E-state index in [1.807, 2.05) is 6.92 Å². The molecule has 1 unspecified atom stereocenters. The number of pyridine rings is 1. The van der Waals surface area contributed by atoms with Gasteiger partial charge in [-0.1, -0.05) is 18.5 Å². The molecule has 19 heavy (non-hydrogen) atoms. The highest BCUT2D eigenvalue weighted by Gasteiger charge is 2.15. The van der Waals surface area contributed by atoms with Gasteiger partial charge >= 0.3 is 5.97 Å². The first-order valence-electron chi connectivity index (χ1n) is 5.65. The predicted octanol–water partition coefficient (Wildman–Crippen LogP) is 1.50. The summed E-state index contributed by atoms with van der Waals surface area (Å²) < 4.78 is 1.55. The lowest BCUT2D eigenvalue weighted by atomic mass is 10.1. The molecule has 0 aliphatic carbocycles. The summed E-state index contributed by atoms with van der Waals surface area (Å²) in [5.41, 5.74) is 0.671. The molecular formula is C11H12ClN5O2. The van der Waals surface area contributed by atoms with Crippen LogP contribution < -0.4 is 0 Å². The van der Waals surface area contributed by atoms with E-state index in [4.69, 9.17) is 16.7 Å². The average Bonchev–Trinajstić information content (AvgIpc) is 2.76. The van der Waals surface area contributed by atoms with Crippen LogP contribution >= 0.6 is 11.6 Å². The Morgan fingerprint density at radius 3 is 3.05 bits per heavy atom. The van der Waals surface area contributed by atoms with Gasteiger partial charge in [-0.15, -0.1) is 5.10 Å². The highest BCUT2D eigenvalue weighted by Crippen LogP contribution is 2.24. The van der Waals surface area contributed by atoms with Gasteiger partial charge in [0.2, 0.25) is 0 Å². The third kappa shape index (κ3) is 3.25. The number of carboxylic acids is 1. The van der Waals surface area contributed by atoms with Gasteiger partial charge in [0.25, 0.3) is 0 Å². The van der Waals surface area contributed by atoms with Crippen LogP contribution in [0.1, 0.15) is 13.3 Å². The van der Waals surface area contributed by atoms with Gasteiger partial charge in [-0.05, 0) is 22.4 Å². The van der Waals surface area contributed by atoms with Gasteiger partial charge in [0.15, 0.2) is 5.82 Å². The molecule has 0 amide bonds. The second-order valence-electron chi connectivity index (χ2n) is 4.24. The smallest absolute Gasteiger partial charge is 0.303 e. The van der Waals surface area contributed by atoms with E-state index in [2.05, 4.69) is 20.5 Å². The SMILES string of the molecule is CC(CC(=O)O)Cn1nnnc1-c1ccncc1Cl. The second kappa shape index (κ2) is 5.75. The standard InChI is InChI=1S/C11H12ClN5O2/c1-7(4-10(18)19)6-17-11(14-15-16-17)8-2-3-13-5-9(8)12/h2-3,5,7H,4,6H2,1H3,(H,18,19). The van der Waals surface area contributed by atoms with Crippen LogP contribution in [-0.4, -0.2) is 36.3 Å². The van der Waals surface area contributed by atoms with Gasteiger partial charge in [-0.25, -0.2) is 4.68 Å². The molecular weight excluding hydrogens is 270 g/mol.